The highest BCUT2D eigenvalue weighted by Gasteiger charge is 2.08. The van der Waals surface area contributed by atoms with E-state index in [9.17, 15) is 14.7 Å². The van der Waals surface area contributed by atoms with Gasteiger partial charge in [-0.1, -0.05) is 6.08 Å². The Morgan fingerprint density at radius 1 is 1.28 bits per heavy atom. The number of carbonyl (C=O) groups is 1. The lowest BCUT2D eigenvalue weighted by molar-refractivity contribution is -0.294. The van der Waals surface area contributed by atoms with Crippen LogP contribution in [0.3, 0.4) is 0 Å². The zero-order valence-electron chi connectivity index (χ0n) is 10.9. The van der Waals surface area contributed by atoms with E-state index in [1.807, 2.05) is 0 Å². The van der Waals surface area contributed by atoms with Crippen LogP contribution in [0.2, 0.25) is 0 Å². The van der Waals surface area contributed by atoms with Crippen molar-refractivity contribution < 1.29 is 14.3 Å². The van der Waals surface area contributed by atoms with Crippen molar-refractivity contribution in [3.8, 4) is 0 Å². The molecule has 0 atom stereocenters. The second-order valence-corrected chi connectivity index (χ2v) is 4.14. The standard InChI is InChI=1S/C14H16O4/c1-8(5-12(16)6-9(2)15)14-11(4)18-10(3)7-13(14)17/h5-7,16H,1-4H3/p-1/b8-5+,12-6-. The van der Waals surface area contributed by atoms with Crippen LogP contribution in [0, 0.1) is 13.8 Å². The molecule has 0 aliphatic rings. The van der Waals surface area contributed by atoms with Crippen molar-refractivity contribution in [3.05, 3.63) is 51.3 Å². The molecule has 0 aliphatic carbocycles. The summed E-state index contributed by atoms with van der Waals surface area (Å²) in [6.07, 6.45) is 2.24. The molecule has 0 saturated heterocycles. The number of rotatable bonds is 3. The van der Waals surface area contributed by atoms with Crippen LogP contribution in [0.5, 0.6) is 0 Å². The maximum absolute atomic E-state index is 11.8. The number of hydrogen-bond acceptors (Lipinski definition) is 4. The quantitative estimate of drug-likeness (QED) is 0.461. The minimum Gasteiger partial charge on any atom is -0.872 e. The summed E-state index contributed by atoms with van der Waals surface area (Å²) < 4.78 is 5.34. The van der Waals surface area contributed by atoms with Gasteiger partial charge in [0.25, 0.3) is 0 Å². The van der Waals surface area contributed by atoms with Gasteiger partial charge in [0.2, 0.25) is 0 Å². The fourth-order valence-electron chi connectivity index (χ4n) is 1.75. The van der Waals surface area contributed by atoms with Gasteiger partial charge in [-0.2, -0.15) is 0 Å². The lowest BCUT2D eigenvalue weighted by Gasteiger charge is -2.09. The van der Waals surface area contributed by atoms with E-state index in [1.54, 1.807) is 20.8 Å². The molecule has 1 rings (SSSR count). The molecule has 0 N–H and O–H groups in total. The predicted octanol–water partition coefficient (Wildman–Crippen LogP) is 1.49. The molecule has 0 fully saturated rings. The van der Waals surface area contributed by atoms with Gasteiger partial charge in [-0.3, -0.25) is 9.59 Å². The van der Waals surface area contributed by atoms with Crippen molar-refractivity contribution in [2.45, 2.75) is 27.7 Å². The largest absolute Gasteiger partial charge is 0.872 e. The first-order chi connectivity index (χ1) is 8.31. The van der Waals surface area contributed by atoms with Crippen molar-refractivity contribution in [2.75, 3.05) is 0 Å². The minimum absolute atomic E-state index is 0.194. The Bertz CT molecular complexity index is 588. The van der Waals surface area contributed by atoms with Gasteiger partial charge in [0.15, 0.2) is 11.2 Å². The van der Waals surface area contributed by atoms with Gasteiger partial charge in [-0.25, -0.2) is 0 Å². The van der Waals surface area contributed by atoms with Gasteiger partial charge >= 0.3 is 0 Å². The average molecular weight is 247 g/mol. The SMILES string of the molecule is CC(=O)/C=C([O-])/C=C(\C)c1c(C)oc(C)cc1=O. The molecule has 18 heavy (non-hydrogen) atoms. The second-order valence-electron chi connectivity index (χ2n) is 4.14. The van der Waals surface area contributed by atoms with E-state index >= 15 is 0 Å². The molecule has 0 radical (unpaired) electrons. The number of carbonyl (C=O) groups excluding carboxylic acids is 1. The highest BCUT2D eigenvalue weighted by atomic mass is 16.3. The van der Waals surface area contributed by atoms with Crippen LogP contribution in [-0.4, -0.2) is 5.78 Å². The van der Waals surface area contributed by atoms with Crippen LogP contribution in [-0.2, 0) is 4.79 Å². The summed E-state index contributed by atoms with van der Waals surface area (Å²) in [6.45, 7) is 6.29. The number of ketones is 1. The van der Waals surface area contributed by atoms with Crippen molar-refractivity contribution >= 4 is 11.4 Å². The van der Waals surface area contributed by atoms with Gasteiger partial charge in [0, 0.05) is 6.07 Å². The smallest absolute Gasteiger partial charge is 0.192 e. The molecule has 0 amide bonds. The van der Waals surface area contributed by atoms with Gasteiger partial charge in [-0.05, 0) is 39.3 Å². The molecule has 96 valence electrons. The zero-order valence-corrected chi connectivity index (χ0v) is 10.9. The monoisotopic (exact) mass is 247 g/mol. The summed E-state index contributed by atoms with van der Waals surface area (Å²) in [5.74, 6) is 0.233. The lowest BCUT2D eigenvalue weighted by Crippen LogP contribution is -2.10. The first-order valence-electron chi connectivity index (χ1n) is 5.50. The molecular weight excluding hydrogens is 232 g/mol. The molecule has 0 saturated carbocycles. The van der Waals surface area contributed by atoms with Gasteiger partial charge in [-0.15, -0.1) is 5.76 Å². The fourth-order valence-corrected chi connectivity index (χ4v) is 1.75. The molecule has 1 aromatic rings. The molecule has 0 spiro atoms. The van der Waals surface area contributed by atoms with Gasteiger partial charge < -0.3 is 9.52 Å². The van der Waals surface area contributed by atoms with Crippen LogP contribution in [0.1, 0.15) is 30.9 Å². The van der Waals surface area contributed by atoms with Crippen molar-refractivity contribution in [3.63, 3.8) is 0 Å². The Hall–Kier alpha value is -2.10. The van der Waals surface area contributed by atoms with Crippen LogP contribution in [0.15, 0.2) is 33.2 Å². The fraction of sp³-hybridized carbons (Fsp3) is 0.286. The van der Waals surface area contributed by atoms with Gasteiger partial charge in [0.05, 0.1) is 5.56 Å². The van der Waals surface area contributed by atoms with E-state index in [0.29, 0.717) is 22.7 Å². The van der Waals surface area contributed by atoms with Gasteiger partial charge in [0.1, 0.15) is 11.5 Å². The molecule has 4 nitrogen and oxygen atoms in total. The van der Waals surface area contributed by atoms with Crippen LogP contribution < -0.4 is 10.5 Å². The zero-order chi connectivity index (χ0) is 13.9. The highest BCUT2D eigenvalue weighted by molar-refractivity contribution is 5.88. The van der Waals surface area contributed by atoms with Crippen molar-refractivity contribution in [1.82, 2.24) is 0 Å². The van der Waals surface area contributed by atoms with E-state index in [1.165, 1.54) is 19.1 Å². The number of hydrogen-bond donors (Lipinski definition) is 0. The lowest BCUT2D eigenvalue weighted by atomic mass is 10.1. The minimum atomic E-state index is -0.431. The molecule has 0 bridgehead atoms. The van der Waals surface area contributed by atoms with E-state index in [4.69, 9.17) is 4.42 Å². The van der Waals surface area contributed by atoms with Crippen LogP contribution >= 0.6 is 0 Å². The Morgan fingerprint density at radius 3 is 2.39 bits per heavy atom. The summed E-state index contributed by atoms with van der Waals surface area (Å²) in [6, 6.07) is 1.37. The summed E-state index contributed by atoms with van der Waals surface area (Å²) in [7, 11) is 0. The molecule has 0 aliphatic heterocycles. The number of aryl methyl sites for hydroxylation is 2. The van der Waals surface area contributed by atoms with Crippen LogP contribution in [0.25, 0.3) is 5.57 Å². The van der Waals surface area contributed by atoms with E-state index in [-0.39, 0.29) is 11.2 Å². The topological polar surface area (TPSA) is 70.3 Å². The molecule has 0 unspecified atom stereocenters. The second kappa shape index (κ2) is 5.49. The summed E-state index contributed by atoms with van der Waals surface area (Å²) in [5.41, 5.74) is 0.662. The summed E-state index contributed by atoms with van der Waals surface area (Å²) in [5, 5.41) is 11.4. The molecule has 0 aromatic carbocycles. The van der Waals surface area contributed by atoms with Crippen molar-refractivity contribution in [1.29, 1.82) is 0 Å². The Labute approximate surface area is 105 Å². The molecule has 1 heterocycles. The molecule has 1 aromatic heterocycles. The maximum Gasteiger partial charge on any atom is 0.192 e. The Morgan fingerprint density at radius 2 is 1.89 bits per heavy atom. The normalized spacial score (nSPS) is 12.7. The third-order valence-corrected chi connectivity index (χ3v) is 2.35. The first-order valence-corrected chi connectivity index (χ1v) is 5.50. The number of allylic oxidation sites excluding steroid dienone is 3. The third-order valence-electron chi connectivity index (χ3n) is 2.35. The van der Waals surface area contributed by atoms with Crippen molar-refractivity contribution in [2.24, 2.45) is 0 Å². The Balaban J connectivity index is 3.28. The first kappa shape index (κ1) is 14.0. The third kappa shape index (κ3) is 3.45. The van der Waals surface area contributed by atoms with Crippen LogP contribution in [0.4, 0.5) is 0 Å². The molecule has 4 heteroatoms. The average Bonchev–Trinajstić information content (AvgIpc) is 2.12. The van der Waals surface area contributed by atoms with E-state index in [0.717, 1.165) is 6.08 Å². The predicted molar refractivity (Wildman–Crippen MR) is 66.9 cm³/mol. The van der Waals surface area contributed by atoms with E-state index in [2.05, 4.69) is 0 Å². The van der Waals surface area contributed by atoms with E-state index < -0.39 is 5.76 Å². The maximum atomic E-state index is 11.8. The summed E-state index contributed by atoms with van der Waals surface area (Å²) in [4.78, 5) is 22.6. The Kier molecular flexibility index (Phi) is 4.26. The molecular formula is C14H15O4-. The summed E-state index contributed by atoms with van der Waals surface area (Å²) >= 11 is 0. The highest BCUT2D eigenvalue weighted by Crippen LogP contribution is 2.16.